The van der Waals surface area contributed by atoms with E-state index in [0.29, 0.717) is 16.6 Å². The number of thioether (sulfide) groups is 1. The van der Waals surface area contributed by atoms with Crippen LogP contribution < -0.4 is 4.74 Å². The SMILES string of the molecule is COc1ccc(S(=O)(=O)C2CN(C(=O)CSc3nc4ccccc4o3)C2)cc1. The number of carbonyl (C=O) groups excluding carboxylic acids is 1. The topological polar surface area (TPSA) is 89.7 Å². The van der Waals surface area contributed by atoms with Crippen LogP contribution in [0.2, 0.25) is 0 Å². The highest BCUT2D eigenvalue weighted by Gasteiger charge is 2.40. The quantitative estimate of drug-likeness (QED) is 0.569. The van der Waals surface area contributed by atoms with Crippen LogP contribution in [-0.2, 0) is 14.6 Å². The summed E-state index contributed by atoms with van der Waals surface area (Å²) in [4.78, 5) is 18.4. The number of ether oxygens (including phenoxy) is 1. The van der Waals surface area contributed by atoms with E-state index in [1.165, 1.54) is 31.0 Å². The van der Waals surface area contributed by atoms with Crippen molar-refractivity contribution in [3.63, 3.8) is 0 Å². The standard InChI is InChI=1S/C19H18N2O5S2/c1-25-13-6-8-14(9-7-13)28(23,24)15-10-21(11-15)18(22)12-27-19-20-16-4-2-3-5-17(16)26-19/h2-9,15H,10-12H2,1H3. The lowest BCUT2D eigenvalue weighted by Gasteiger charge is -2.38. The van der Waals surface area contributed by atoms with Crippen molar-refractivity contribution in [1.29, 1.82) is 0 Å². The average molecular weight is 418 g/mol. The largest absolute Gasteiger partial charge is 0.497 e. The van der Waals surface area contributed by atoms with E-state index in [4.69, 9.17) is 9.15 Å². The summed E-state index contributed by atoms with van der Waals surface area (Å²) in [5.41, 5.74) is 1.42. The first kappa shape index (κ1) is 18.8. The molecule has 4 rings (SSSR count). The van der Waals surface area contributed by atoms with Crippen molar-refractivity contribution in [3.05, 3.63) is 48.5 Å². The Balaban J connectivity index is 1.33. The van der Waals surface area contributed by atoms with E-state index in [1.54, 1.807) is 17.0 Å². The molecule has 0 spiro atoms. The van der Waals surface area contributed by atoms with E-state index in [0.717, 1.165) is 5.52 Å². The van der Waals surface area contributed by atoms with Crippen molar-refractivity contribution >= 4 is 38.6 Å². The molecule has 0 radical (unpaired) electrons. The van der Waals surface area contributed by atoms with Crippen LogP contribution in [0, 0.1) is 0 Å². The van der Waals surface area contributed by atoms with Crippen molar-refractivity contribution in [3.8, 4) is 5.75 Å². The summed E-state index contributed by atoms with van der Waals surface area (Å²) in [6.07, 6.45) is 0. The summed E-state index contributed by atoms with van der Waals surface area (Å²) in [6.45, 7) is 0.391. The Morgan fingerprint density at radius 1 is 1.21 bits per heavy atom. The minimum absolute atomic E-state index is 0.131. The van der Waals surface area contributed by atoms with Crippen LogP contribution in [0.25, 0.3) is 11.1 Å². The van der Waals surface area contributed by atoms with Gasteiger partial charge in [0.25, 0.3) is 5.22 Å². The molecule has 1 saturated heterocycles. The molecule has 0 unspecified atom stereocenters. The highest BCUT2D eigenvalue weighted by Crippen LogP contribution is 2.27. The summed E-state index contributed by atoms with van der Waals surface area (Å²) < 4.78 is 35.9. The lowest BCUT2D eigenvalue weighted by Crippen LogP contribution is -2.57. The number of nitrogens with zero attached hydrogens (tertiary/aromatic N) is 2. The molecule has 1 fully saturated rings. The highest BCUT2D eigenvalue weighted by molar-refractivity contribution is 7.99. The number of hydrogen-bond acceptors (Lipinski definition) is 7. The van der Waals surface area contributed by atoms with E-state index in [-0.39, 0.29) is 29.6 Å². The Bertz CT molecular complexity index is 1070. The van der Waals surface area contributed by atoms with Gasteiger partial charge in [0.1, 0.15) is 16.5 Å². The molecule has 1 amide bonds. The molecule has 28 heavy (non-hydrogen) atoms. The van der Waals surface area contributed by atoms with E-state index in [9.17, 15) is 13.2 Å². The average Bonchev–Trinajstić information content (AvgIpc) is 3.08. The van der Waals surface area contributed by atoms with Crippen molar-refractivity contribution in [2.75, 3.05) is 26.0 Å². The first-order valence-corrected chi connectivity index (χ1v) is 11.1. The molecule has 2 heterocycles. The summed E-state index contributed by atoms with van der Waals surface area (Å²) in [6, 6.07) is 13.7. The number of hydrogen-bond donors (Lipinski definition) is 0. The molecule has 0 saturated carbocycles. The number of benzene rings is 2. The number of likely N-dealkylation sites (tertiary alicyclic amines) is 1. The molecule has 9 heteroatoms. The van der Waals surface area contributed by atoms with Gasteiger partial charge in [0, 0.05) is 13.1 Å². The number of amides is 1. The summed E-state index contributed by atoms with van der Waals surface area (Å²) >= 11 is 1.21. The zero-order valence-electron chi connectivity index (χ0n) is 15.1. The minimum Gasteiger partial charge on any atom is -0.497 e. The van der Waals surface area contributed by atoms with Crippen molar-refractivity contribution < 1.29 is 22.4 Å². The lowest BCUT2D eigenvalue weighted by molar-refractivity contribution is -0.131. The maximum absolute atomic E-state index is 12.7. The fourth-order valence-electron chi connectivity index (χ4n) is 2.92. The maximum atomic E-state index is 12.7. The van der Waals surface area contributed by atoms with Crippen LogP contribution >= 0.6 is 11.8 Å². The molecule has 1 aliphatic heterocycles. The van der Waals surface area contributed by atoms with Gasteiger partial charge in [-0.3, -0.25) is 4.79 Å². The zero-order valence-corrected chi connectivity index (χ0v) is 16.7. The fraction of sp³-hybridized carbons (Fsp3) is 0.263. The normalized spacial score (nSPS) is 14.8. The van der Waals surface area contributed by atoms with Crippen LogP contribution in [0.3, 0.4) is 0 Å². The van der Waals surface area contributed by atoms with Crippen LogP contribution in [0.15, 0.2) is 63.1 Å². The summed E-state index contributed by atoms with van der Waals surface area (Å²) in [7, 11) is -1.94. The molecule has 0 atom stereocenters. The second-order valence-corrected chi connectivity index (χ2v) is 9.53. The first-order valence-electron chi connectivity index (χ1n) is 8.61. The van der Waals surface area contributed by atoms with Gasteiger partial charge >= 0.3 is 0 Å². The number of rotatable bonds is 6. The molecule has 0 N–H and O–H groups in total. The number of methoxy groups -OCH3 is 1. The molecule has 0 bridgehead atoms. The number of oxazole rings is 1. The third-order valence-electron chi connectivity index (χ3n) is 4.62. The van der Waals surface area contributed by atoms with Gasteiger partial charge in [0.05, 0.1) is 17.8 Å². The molecular weight excluding hydrogens is 400 g/mol. The van der Waals surface area contributed by atoms with Gasteiger partial charge in [0.2, 0.25) is 5.91 Å². The molecule has 3 aromatic rings. The van der Waals surface area contributed by atoms with E-state index < -0.39 is 15.1 Å². The Hall–Kier alpha value is -2.52. The molecule has 1 aliphatic rings. The van der Waals surface area contributed by atoms with Gasteiger partial charge in [-0.15, -0.1) is 0 Å². The van der Waals surface area contributed by atoms with Crippen LogP contribution in [0.5, 0.6) is 5.75 Å². The third-order valence-corrected chi connectivity index (χ3v) is 7.54. The number of fused-ring (bicyclic) bond motifs is 1. The molecule has 1 aromatic heterocycles. The van der Waals surface area contributed by atoms with Crippen molar-refractivity contribution in [2.24, 2.45) is 0 Å². The fourth-order valence-corrected chi connectivity index (χ4v) is 5.32. The monoisotopic (exact) mass is 418 g/mol. The zero-order chi connectivity index (χ0) is 19.7. The third kappa shape index (κ3) is 3.59. The lowest BCUT2D eigenvalue weighted by atomic mass is 10.2. The van der Waals surface area contributed by atoms with Crippen molar-refractivity contribution in [1.82, 2.24) is 9.88 Å². The number of carbonyl (C=O) groups is 1. The maximum Gasteiger partial charge on any atom is 0.257 e. The van der Waals surface area contributed by atoms with Gasteiger partial charge in [-0.2, -0.15) is 0 Å². The Morgan fingerprint density at radius 2 is 1.93 bits per heavy atom. The Kier molecular flexibility index (Phi) is 5.03. The molecule has 2 aromatic carbocycles. The van der Waals surface area contributed by atoms with Gasteiger partial charge in [0.15, 0.2) is 15.4 Å². The van der Waals surface area contributed by atoms with E-state index in [1.807, 2.05) is 24.3 Å². The number of para-hydroxylation sites is 2. The molecule has 0 aliphatic carbocycles. The minimum atomic E-state index is -3.47. The first-order chi connectivity index (χ1) is 13.5. The smallest absolute Gasteiger partial charge is 0.257 e. The number of sulfone groups is 1. The van der Waals surface area contributed by atoms with Gasteiger partial charge in [-0.05, 0) is 36.4 Å². The molecule has 146 valence electrons. The van der Waals surface area contributed by atoms with E-state index in [2.05, 4.69) is 4.98 Å². The molecular formula is C19H18N2O5S2. The second kappa shape index (κ2) is 7.48. The van der Waals surface area contributed by atoms with Crippen LogP contribution in [-0.4, -0.2) is 55.4 Å². The van der Waals surface area contributed by atoms with E-state index >= 15 is 0 Å². The Labute approximate surface area is 166 Å². The predicted octanol–water partition coefficient (Wildman–Crippen LogP) is 2.61. The van der Waals surface area contributed by atoms with Crippen molar-refractivity contribution in [2.45, 2.75) is 15.4 Å². The second-order valence-electron chi connectivity index (χ2n) is 6.38. The molecule has 7 nitrogen and oxygen atoms in total. The van der Waals surface area contributed by atoms with Gasteiger partial charge in [-0.1, -0.05) is 23.9 Å². The van der Waals surface area contributed by atoms with Crippen LogP contribution in [0.1, 0.15) is 0 Å². The van der Waals surface area contributed by atoms with Crippen LogP contribution in [0.4, 0.5) is 0 Å². The van der Waals surface area contributed by atoms with Gasteiger partial charge in [-0.25, -0.2) is 13.4 Å². The number of aromatic nitrogens is 1. The van der Waals surface area contributed by atoms with Gasteiger partial charge < -0.3 is 14.1 Å². The Morgan fingerprint density at radius 3 is 2.61 bits per heavy atom. The summed E-state index contributed by atoms with van der Waals surface area (Å²) in [5, 5.41) is -0.156. The predicted molar refractivity (Wildman–Crippen MR) is 105 cm³/mol. The highest BCUT2D eigenvalue weighted by atomic mass is 32.2. The summed E-state index contributed by atoms with van der Waals surface area (Å²) in [5.74, 6) is 0.622.